The lowest BCUT2D eigenvalue weighted by atomic mass is 10.0. The van der Waals surface area contributed by atoms with E-state index in [1.54, 1.807) is 62.3 Å². The summed E-state index contributed by atoms with van der Waals surface area (Å²) in [5.74, 6) is 1.11. The average molecular weight is 810 g/mol. The van der Waals surface area contributed by atoms with Crippen LogP contribution in [0.25, 0.3) is 0 Å². The quantitative estimate of drug-likeness (QED) is 0.0546. The van der Waals surface area contributed by atoms with Crippen molar-refractivity contribution in [1.82, 2.24) is 19.9 Å². The molecule has 0 saturated carbocycles. The van der Waals surface area contributed by atoms with Gasteiger partial charge >= 0.3 is 0 Å². The predicted molar refractivity (Wildman–Crippen MR) is 223 cm³/mol. The molecule has 1 heterocycles. The molecule has 0 aromatic carbocycles. The molecule has 0 bridgehead atoms. The zero-order chi connectivity index (χ0) is 41.9. The fourth-order valence-corrected chi connectivity index (χ4v) is 5.58. The SMILES string of the molecule is CCCCCCCCCCCCCCCCCCO.COCN(COC)c1nc(N(COC)COC)nc(N(COC)COC)n1.OCCN(CCO)CCO. The number of aliphatic hydroxyl groups excluding tert-OH is 4. The minimum absolute atomic E-state index is 0.0694. The van der Waals surface area contributed by atoms with Gasteiger partial charge in [-0.05, 0) is 6.42 Å². The van der Waals surface area contributed by atoms with Gasteiger partial charge in [-0.2, -0.15) is 15.0 Å². The third-order valence-corrected chi connectivity index (χ3v) is 8.42. The number of aliphatic hydroxyl groups is 4. The van der Waals surface area contributed by atoms with E-state index >= 15 is 0 Å². The first kappa shape index (κ1) is 56.1. The fraction of sp³-hybridized carbons (Fsp3) is 0.923. The Morgan fingerprint density at radius 1 is 0.357 bits per heavy atom. The molecule has 0 atom stereocenters. The Balaban J connectivity index is 0. The molecule has 1 aromatic heterocycles. The van der Waals surface area contributed by atoms with E-state index in [2.05, 4.69) is 21.9 Å². The standard InChI is InChI=1S/C18H38O.C15H30N6O6.C6H15NO3/c1-2-3-4-5-6-7-8-9-10-11-12-13-14-15-16-17-18-19;1-22-7-19(8-23-2)13-16-14(20(9-24-3)10-25-4)18-15(17-13)21(11-26-5)12-27-6;8-4-1-7(2-5-9)3-6-10/h19H,2-18H2,1H3;7-12H2,1-6H3;8-10H,1-6H2. The van der Waals surface area contributed by atoms with Crippen LogP contribution in [0.2, 0.25) is 0 Å². The average Bonchev–Trinajstić information content (AvgIpc) is 3.20. The summed E-state index contributed by atoms with van der Waals surface area (Å²) in [6, 6.07) is 0. The van der Waals surface area contributed by atoms with Crippen LogP contribution in [-0.2, 0) is 28.4 Å². The molecular formula is C39H83N7O10. The van der Waals surface area contributed by atoms with Crippen molar-refractivity contribution in [2.45, 2.75) is 110 Å². The van der Waals surface area contributed by atoms with Crippen LogP contribution in [0.1, 0.15) is 110 Å². The van der Waals surface area contributed by atoms with Crippen LogP contribution in [0.5, 0.6) is 0 Å². The normalized spacial score (nSPS) is 10.9. The molecule has 0 saturated heterocycles. The van der Waals surface area contributed by atoms with Crippen LogP contribution in [0.4, 0.5) is 17.8 Å². The third kappa shape index (κ3) is 32.0. The van der Waals surface area contributed by atoms with Gasteiger partial charge in [-0.1, -0.05) is 103 Å². The first-order valence-corrected chi connectivity index (χ1v) is 20.5. The minimum atomic E-state index is 0.0694. The van der Waals surface area contributed by atoms with Crippen molar-refractivity contribution in [3.8, 4) is 0 Å². The van der Waals surface area contributed by atoms with Crippen molar-refractivity contribution < 1.29 is 48.8 Å². The fourth-order valence-electron chi connectivity index (χ4n) is 5.58. The van der Waals surface area contributed by atoms with Crippen LogP contribution in [0.3, 0.4) is 0 Å². The summed E-state index contributed by atoms with van der Waals surface area (Å²) in [7, 11) is 9.48. The number of anilines is 3. The van der Waals surface area contributed by atoms with Gasteiger partial charge in [0.2, 0.25) is 17.8 Å². The maximum absolute atomic E-state index is 8.67. The van der Waals surface area contributed by atoms with Gasteiger partial charge in [-0.25, -0.2) is 0 Å². The molecule has 1 rings (SSSR count). The molecule has 0 unspecified atom stereocenters. The Kier molecular flexibility index (Phi) is 44.1. The van der Waals surface area contributed by atoms with Gasteiger partial charge in [0.15, 0.2) is 0 Å². The number of methoxy groups -OCH3 is 6. The molecule has 4 N–H and O–H groups in total. The number of ether oxygens (including phenoxy) is 6. The van der Waals surface area contributed by atoms with Crippen LogP contribution >= 0.6 is 0 Å². The molecule has 0 aliphatic rings. The number of aromatic nitrogens is 3. The maximum atomic E-state index is 8.67. The predicted octanol–water partition coefficient (Wildman–Crippen LogP) is 4.42. The maximum Gasteiger partial charge on any atom is 0.235 e. The van der Waals surface area contributed by atoms with Crippen molar-refractivity contribution in [2.24, 2.45) is 0 Å². The molecule has 0 radical (unpaired) electrons. The summed E-state index contributed by atoms with van der Waals surface area (Å²) in [5.41, 5.74) is 0. The molecule has 17 nitrogen and oxygen atoms in total. The molecule has 1 aromatic rings. The molecule has 334 valence electrons. The molecule has 56 heavy (non-hydrogen) atoms. The van der Waals surface area contributed by atoms with E-state index in [4.69, 9.17) is 48.8 Å². The van der Waals surface area contributed by atoms with E-state index in [1.165, 1.54) is 96.3 Å². The highest BCUT2D eigenvalue weighted by Gasteiger charge is 2.20. The monoisotopic (exact) mass is 810 g/mol. The van der Waals surface area contributed by atoms with Gasteiger partial charge in [-0.3, -0.25) is 19.6 Å². The van der Waals surface area contributed by atoms with E-state index < -0.39 is 0 Å². The summed E-state index contributed by atoms with van der Waals surface area (Å²) in [6.45, 7) is 5.83. The smallest absolute Gasteiger partial charge is 0.235 e. The van der Waals surface area contributed by atoms with Gasteiger partial charge < -0.3 is 48.8 Å². The van der Waals surface area contributed by atoms with E-state index in [0.29, 0.717) is 44.1 Å². The van der Waals surface area contributed by atoms with E-state index in [9.17, 15) is 0 Å². The first-order chi connectivity index (χ1) is 27.4. The van der Waals surface area contributed by atoms with Crippen LogP contribution in [0, 0.1) is 0 Å². The molecule has 0 aliphatic carbocycles. The highest BCUT2D eigenvalue weighted by Crippen LogP contribution is 2.20. The van der Waals surface area contributed by atoms with Crippen LogP contribution in [-0.4, -0.2) is 169 Å². The van der Waals surface area contributed by atoms with Gasteiger partial charge in [0.05, 0.1) is 19.8 Å². The Morgan fingerprint density at radius 3 is 0.786 bits per heavy atom. The molecular weight excluding hydrogens is 726 g/mol. The van der Waals surface area contributed by atoms with Crippen molar-refractivity contribution in [3.63, 3.8) is 0 Å². The molecule has 0 aliphatic heterocycles. The summed E-state index contributed by atoms with van der Waals surface area (Å²) in [5, 5.41) is 34.1. The van der Waals surface area contributed by atoms with E-state index in [1.807, 2.05) is 0 Å². The number of hydrogen-bond acceptors (Lipinski definition) is 17. The van der Waals surface area contributed by atoms with E-state index in [-0.39, 0.29) is 60.2 Å². The molecule has 0 spiro atoms. The highest BCUT2D eigenvalue weighted by atomic mass is 16.5. The zero-order valence-electron chi connectivity index (χ0n) is 36.4. The topological polar surface area (TPSA) is 188 Å². The van der Waals surface area contributed by atoms with Gasteiger partial charge in [0.25, 0.3) is 0 Å². The summed E-state index contributed by atoms with van der Waals surface area (Å²) >= 11 is 0. The van der Waals surface area contributed by atoms with Gasteiger partial charge in [-0.15, -0.1) is 0 Å². The van der Waals surface area contributed by atoms with Gasteiger partial charge in [0.1, 0.15) is 40.4 Å². The number of hydrogen-bond donors (Lipinski definition) is 4. The molecule has 0 amide bonds. The lowest BCUT2D eigenvalue weighted by Crippen LogP contribution is -2.36. The summed E-state index contributed by atoms with van der Waals surface area (Å²) in [4.78, 5) is 20.5. The van der Waals surface area contributed by atoms with Crippen LogP contribution in [0.15, 0.2) is 0 Å². The third-order valence-electron chi connectivity index (χ3n) is 8.42. The van der Waals surface area contributed by atoms with Crippen LogP contribution < -0.4 is 14.7 Å². The first-order valence-electron chi connectivity index (χ1n) is 20.5. The lowest BCUT2D eigenvalue weighted by molar-refractivity contribution is 0.134. The Morgan fingerprint density at radius 2 is 0.589 bits per heavy atom. The highest BCUT2D eigenvalue weighted by molar-refractivity contribution is 5.45. The van der Waals surface area contributed by atoms with Crippen molar-refractivity contribution >= 4 is 17.8 Å². The summed E-state index contributed by atoms with van der Waals surface area (Å²) in [6.07, 6.45) is 22.2. The molecule has 0 fully saturated rings. The Labute approximate surface area is 339 Å². The van der Waals surface area contributed by atoms with E-state index in [0.717, 1.165) is 6.42 Å². The van der Waals surface area contributed by atoms with Crippen molar-refractivity contribution in [1.29, 1.82) is 0 Å². The number of rotatable bonds is 37. The van der Waals surface area contributed by atoms with Gasteiger partial charge in [0, 0.05) is 68.9 Å². The second kappa shape index (κ2) is 44.1. The lowest BCUT2D eigenvalue weighted by Gasteiger charge is -2.27. The van der Waals surface area contributed by atoms with Crippen molar-refractivity contribution in [3.05, 3.63) is 0 Å². The minimum Gasteiger partial charge on any atom is -0.396 e. The number of unbranched alkanes of at least 4 members (excludes halogenated alkanes) is 15. The Hall–Kier alpha value is -2.03. The van der Waals surface area contributed by atoms with Crippen molar-refractivity contribution in [2.75, 3.05) is 144 Å². The largest absolute Gasteiger partial charge is 0.396 e. The Bertz CT molecular complexity index is 801. The number of nitrogens with zero attached hydrogens (tertiary/aromatic N) is 7. The summed E-state index contributed by atoms with van der Waals surface area (Å²) < 4.78 is 31.3. The second-order valence-corrected chi connectivity index (χ2v) is 13.4. The second-order valence-electron chi connectivity index (χ2n) is 13.4. The molecule has 17 heteroatoms. The zero-order valence-corrected chi connectivity index (χ0v) is 36.4.